The van der Waals surface area contributed by atoms with Gasteiger partial charge in [-0.15, -0.1) is 0 Å². The van der Waals surface area contributed by atoms with Crippen molar-refractivity contribution in [3.63, 3.8) is 0 Å². The van der Waals surface area contributed by atoms with E-state index < -0.39 is 19.8 Å². The summed E-state index contributed by atoms with van der Waals surface area (Å²) >= 11 is 0. The van der Waals surface area contributed by atoms with Crippen molar-refractivity contribution in [3.8, 4) is 0 Å². The van der Waals surface area contributed by atoms with Gasteiger partial charge in [-0.3, -0.25) is 0 Å². The minimum atomic E-state index is -4.64. The summed E-state index contributed by atoms with van der Waals surface area (Å²) in [6.07, 6.45) is 0. The second kappa shape index (κ2) is 7.65. The largest absolute Gasteiger partial charge is 0.466 e. The molecule has 106 valence electrons. The molecule has 3 N–H and O–H groups in total. The number of hydrogen-bond donors (Lipinski definition) is 3. The number of hydrogen-bond acceptors (Lipinski definition) is 5. The minimum Gasteiger partial charge on any atom is -0.465 e. The fourth-order valence-corrected chi connectivity index (χ4v) is 0.978. The molecule has 0 radical (unpaired) electrons. The predicted octanol–water partition coefficient (Wildman–Crippen LogP) is 0.331. The summed E-state index contributed by atoms with van der Waals surface area (Å²) in [5.41, 5.74) is 0.806. The van der Waals surface area contributed by atoms with Crippen LogP contribution in [0.5, 0.6) is 0 Å². The number of ether oxygens (including phenoxy) is 2. The Balaban J connectivity index is 0.000000555. The van der Waals surface area contributed by atoms with E-state index in [1.54, 1.807) is 0 Å². The quantitative estimate of drug-likeness (QED) is 0.525. The number of esters is 2. The average molecular weight is 292 g/mol. The van der Waals surface area contributed by atoms with E-state index in [0.717, 1.165) is 0 Å². The molecule has 0 spiro atoms. The molecule has 1 aromatic carbocycles. The Morgan fingerprint density at radius 2 is 1.11 bits per heavy atom. The maximum absolute atomic E-state index is 11.0. The minimum absolute atomic E-state index is 0.403. The van der Waals surface area contributed by atoms with E-state index in [0.29, 0.717) is 11.1 Å². The second-order valence-corrected chi connectivity index (χ2v) is 4.10. The first-order valence-electron chi connectivity index (χ1n) is 4.74. The summed E-state index contributed by atoms with van der Waals surface area (Å²) in [6.45, 7) is 0. The van der Waals surface area contributed by atoms with Crippen molar-refractivity contribution in [3.05, 3.63) is 35.4 Å². The summed E-state index contributed by atoms with van der Waals surface area (Å²) < 4.78 is 17.9. The van der Waals surface area contributed by atoms with Crippen LogP contribution < -0.4 is 0 Å². The SMILES string of the molecule is COC(=O)c1ccc(C(=O)OC)cc1.O=P(O)(O)O. The van der Waals surface area contributed by atoms with Gasteiger partial charge in [0.1, 0.15) is 0 Å². The Morgan fingerprint density at radius 1 is 0.895 bits per heavy atom. The van der Waals surface area contributed by atoms with Crippen molar-refractivity contribution in [1.82, 2.24) is 0 Å². The summed E-state index contributed by atoms with van der Waals surface area (Å²) in [5, 5.41) is 0. The van der Waals surface area contributed by atoms with Gasteiger partial charge in [0, 0.05) is 0 Å². The van der Waals surface area contributed by atoms with E-state index >= 15 is 0 Å². The Bertz CT molecular complexity index is 432. The molecule has 0 aliphatic carbocycles. The van der Waals surface area contributed by atoms with Gasteiger partial charge >= 0.3 is 19.8 Å². The molecular weight excluding hydrogens is 279 g/mol. The van der Waals surface area contributed by atoms with Gasteiger partial charge in [-0.2, -0.15) is 0 Å². The fourth-order valence-electron chi connectivity index (χ4n) is 0.978. The monoisotopic (exact) mass is 292 g/mol. The Kier molecular flexibility index (Phi) is 6.95. The highest BCUT2D eigenvalue weighted by Gasteiger charge is 2.08. The van der Waals surface area contributed by atoms with Crippen LogP contribution in [0.1, 0.15) is 20.7 Å². The van der Waals surface area contributed by atoms with Crippen LogP contribution in [0.15, 0.2) is 24.3 Å². The third kappa shape index (κ3) is 8.06. The first-order valence-corrected chi connectivity index (χ1v) is 6.30. The van der Waals surface area contributed by atoms with Gasteiger partial charge in [0.2, 0.25) is 0 Å². The second-order valence-electron chi connectivity index (χ2n) is 3.07. The molecule has 0 heterocycles. The zero-order chi connectivity index (χ0) is 15.1. The fraction of sp³-hybridized carbons (Fsp3) is 0.200. The maximum atomic E-state index is 11.0. The molecular formula is C10H13O8P. The van der Waals surface area contributed by atoms with E-state index in [4.69, 9.17) is 19.2 Å². The van der Waals surface area contributed by atoms with Crippen LogP contribution in [-0.2, 0) is 14.0 Å². The highest BCUT2D eigenvalue weighted by molar-refractivity contribution is 7.45. The van der Waals surface area contributed by atoms with Crippen molar-refractivity contribution >= 4 is 19.8 Å². The molecule has 19 heavy (non-hydrogen) atoms. The van der Waals surface area contributed by atoms with Crippen LogP contribution in [0.25, 0.3) is 0 Å². The Hall–Kier alpha value is -1.73. The zero-order valence-electron chi connectivity index (χ0n) is 10.1. The number of benzene rings is 1. The van der Waals surface area contributed by atoms with E-state index in [2.05, 4.69) is 9.47 Å². The van der Waals surface area contributed by atoms with E-state index in [-0.39, 0.29) is 0 Å². The molecule has 9 heteroatoms. The number of carbonyl (C=O) groups is 2. The normalized spacial score (nSPS) is 9.95. The van der Waals surface area contributed by atoms with Gasteiger partial charge in [0.05, 0.1) is 25.3 Å². The van der Waals surface area contributed by atoms with E-state index in [1.165, 1.54) is 38.5 Å². The Labute approximate surface area is 108 Å². The lowest BCUT2D eigenvalue weighted by molar-refractivity contribution is 0.0586. The van der Waals surface area contributed by atoms with Crippen LogP contribution in [0, 0.1) is 0 Å². The van der Waals surface area contributed by atoms with Crippen LogP contribution in [0.3, 0.4) is 0 Å². The topological polar surface area (TPSA) is 130 Å². The molecule has 0 amide bonds. The van der Waals surface area contributed by atoms with Gasteiger partial charge in [-0.05, 0) is 24.3 Å². The molecule has 0 saturated heterocycles. The summed E-state index contributed by atoms with van der Waals surface area (Å²) in [6, 6.07) is 6.05. The molecule has 1 rings (SSSR count). The summed E-state index contributed by atoms with van der Waals surface area (Å²) in [7, 11) is -2.03. The lowest BCUT2D eigenvalue weighted by Crippen LogP contribution is -2.04. The number of methoxy groups -OCH3 is 2. The molecule has 0 aliphatic heterocycles. The van der Waals surface area contributed by atoms with Gasteiger partial charge in [-0.1, -0.05) is 0 Å². The van der Waals surface area contributed by atoms with Crippen LogP contribution >= 0.6 is 7.82 Å². The number of carbonyl (C=O) groups excluding carboxylic acids is 2. The van der Waals surface area contributed by atoms with Gasteiger partial charge in [0.25, 0.3) is 0 Å². The summed E-state index contributed by atoms with van der Waals surface area (Å²) in [5.74, 6) is -0.858. The number of phosphoric acid groups is 1. The van der Waals surface area contributed by atoms with E-state index in [9.17, 15) is 9.59 Å². The molecule has 0 atom stereocenters. The maximum Gasteiger partial charge on any atom is 0.466 e. The van der Waals surface area contributed by atoms with Crippen molar-refractivity contribution in [2.45, 2.75) is 0 Å². The molecule has 0 fully saturated rings. The van der Waals surface area contributed by atoms with E-state index in [1.807, 2.05) is 0 Å². The molecule has 0 bridgehead atoms. The van der Waals surface area contributed by atoms with Gasteiger partial charge < -0.3 is 24.2 Å². The summed E-state index contributed by atoms with van der Waals surface area (Å²) in [4.78, 5) is 43.6. The first-order chi connectivity index (χ1) is 8.69. The van der Waals surface area contributed by atoms with Crippen molar-refractivity contribution in [2.24, 2.45) is 0 Å². The van der Waals surface area contributed by atoms with Gasteiger partial charge in [-0.25, -0.2) is 14.2 Å². The third-order valence-electron chi connectivity index (χ3n) is 1.73. The van der Waals surface area contributed by atoms with Crippen molar-refractivity contribution in [2.75, 3.05) is 14.2 Å². The highest BCUT2D eigenvalue weighted by Crippen LogP contribution is 2.25. The first kappa shape index (κ1) is 17.3. The lowest BCUT2D eigenvalue weighted by Gasteiger charge is -2.00. The molecule has 0 aromatic heterocycles. The van der Waals surface area contributed by atoms with Crippen LogP contribution in [0.4, 0.5) is 0 Å². The molecule has 0 unspecified atom stereocenters. The van der Waals surface area contributed by atoms with Crippen molar-refractivity contribution in [1.29, 1.82) is 0 Å². The molecule has 0 saturated carbocycles. The smallest absolute Gasteiger partial charge is 0.465 e. The number of rotatable bonds is 2. The standard InChI is InChI=1S/C10H10O4.H3O4P/c1-13-9(11)7-3-5-8(6-4-7)10(12)14-2;1-5(2,3)4/h3-6H,1-2H3;(H3,1,2,3,4). The van der Waals surface area contributed by atoms with Crippen LogP contribution in [0.2, 0.25) is 0 Å². The molecule has 0 aliphatic rings. The highest BCUT2D eigenvalue weighted by atomic mass is 31.2. The zero-order valence-corrected chi connectivity index (χ0v) is 11.0. The van der Waals surface area contributed by atoms with Gasteiger partial charge in [0.15, 0.2) is 0 Å². The predicted molar refractivity (Wildman–Crippen MR) is 63.4 cm³/mol. The average Bonchev–Trinajstić information content (AvgIpc) is 2.35. The Morgan fingerprint density at radius 3 is 1.26 bits per heavy atom. The third-order valence-corrected chi connectivity index (χ3v) is 1.73. The molecule has 8 nitrogen and oxygen atoms in total. The molecule has 1 aromatic rings. The lowest BCUT2D eigenvalue weighted by atomic mass is 10.1. The van der Waals surface area contributed by atoms with Crippen LogP contribution in [-0.4, -0.2) is 40.8 Å². The van der Waals surface area contributed by atoms with Crippen molar-refractivity contribution < 1.29 is 38.3 Å².